The molecule has 0 heterocycles. The minimum absolute atomic E-state index is 0.187. The number of ether oxygens (including phenoxy) is 1. The maximum atomic E-state index is 11.6. The van der Waals surface area contributed by atoms with Gasteiger partial charge >= 0.3 is 5.97 Å². The van der Waals surface area contributed by atoms with E-state index in [1.54, 1.807) is 7.05 Å². The molecule has 0 aliphatic heterocycles. The molecule has 1 unspecified atom stereocenters. The number of carbonyl (C=O) groups is 1. The quantitative estimate of drug-likeness (QED) is 0.659. The number of esters is 1. The van der Waals surface area contributed by atoms with Crippen LogP contribution in [0.2, 0.25) is 0 Å². The molecule has 17 heavy (non-hydrogen) atoms. The molecule has 4 heteroatoms. The molecule has 0 aromatic rings. The van der Waals surface area contributed by atoms with Crippen LogP contribution in [0.1, 0.15) is 40.5 Å². The van der Waals surface area contributed by atoms with Crippen molar-refractivity contribution in [1.29, 1.82) is 0 Å². The van der Waals surface area contributed by atoms with Gasteiger partial charge in [0, 0.05) is 6.04 Å². The summed E-state index contributed by atoms with van der Waals surface area (Å²) >= 11 is 0. The van der Waals surface area contributed by atoms with E-state index < -0.39 is 5.54 Å². The van der Waals surface area contributed by atoms with E-state index in [2.05, 4.69) is 31.0 Å². The van der Waals surface area contributed by atoms with Crippen molar-refractivity contribution in [1.82, 2.24) is 10.2 Å². The monoisotopic (exact) mass is 244 g/mol. The number of nitrogens with zero attached hydrogens (tertiary/aromatic N) is 1. The highest BCUT2D eigenvalue weighted by Crippen LogP contribution is 2.14. The zero-order valence-electron chi connectivity index (χ0n) is 12.2. The van der Waals surface area contributed by atoms with Gasteiger partial charge in [0.2, 0.25) is 0 Å². The van der Waals surface area contributed by atoms with Crippen molar-refractivity contribution >= 4 is 5.97 Å². The van der Waals surface area contributed by atoms with Crippen LogP contribution < -0.4 is 5.32 Å². The zero-order chi connectivity index (χ0) is 13.5. The molecule has 0 fully saturated rings. The van der Waals surface area contributed by atoms with Gasteiger partial charge in [-0.15, -0.1) is 0 Å². The minimum Gasteiger partial charge on any atom is -0.468 e. The van der Waals surface area contributed by atoms with Crippen LogP contribution in [0.3, 0.4) is 0 Å². The Hall–Kier alpha value is -0.610. The Kier molecular flexibility index (Phi) is 7.39. The Morgan fingerprint density at radius 2 is 2.06 bits per heavy atom. The van der Waals surface area contributed by atoms with Crippen LogP contribution in [-0.2, 0) is 9.53 Å². The SMILES string of the molecule is CCN(CCCC(C)(NC)C(=O)OC)C(C)C. The normalized spacial score (nSPS) is 15.1. The average Bonchev–Trinajstić information content (AvgIpc) is 2.32. The number of methoxy groups -OCH3 is 1. The van der Waals surface area contributed by atoms with E-state index in [1.165, 1.54) is 7.11 Å². The van der Waals surface area contributed by atoms with E-state index >= 15 is 0 Å². The molecule has 0 aromatic carbocycles. The van der Waals surface area contributed by atoms with Gasteiger partial charge in [0.15, 0.2) is 0 Å². The lowest BCUT2D eigenvalue weighted by molar-refractivity contribution is -0.148. The number of hydrogen-bond acceptors (Lipinski definition) is 4. The largest absolute Gasteiger partial charge is 0.468 e. The first-order valence-electron chi connectivity index (χ1n) is 6.42. The summed E-state index contributed by atoms with van der Waals surface area (Å²) in [5, 5.41) is 3.06. The van der Waals surface area contributed by atoms with Crippen LogP contribution in [0.25, 0.3) is 0 Å². The van der Waals surface area contributed by atoms with Gasteiger partial charge in [-0.3, -0.25) is 4.79 Å². The lowest BCUT2D eigenvalue weighted by Crippen LogP contribution is -2.48. The molecule has 0 bridgehead atoms. The second-order valence-corrected chi connectivity index (χ2v) is 4.90. The summed E-state index contributed by atoms with van der Waals surface area (Å²) < 4.78 is 4.82. The van der Waals surface area contributed by atoms with Gasteiger partial charge in [0.05, 0.1) is 7.11 Å². The fourth-order valence-corrected chi connectivity index (χ4v) is 1.97. The van der Waals surface area contributed by atoms with Crippen LogP contribution in [-0.4, -0.2) is 49.7 Å². The molecule has 1 N–H and O–H groups in total. The summed E-state index contributed by atoms with van der Waals surface area (Å²) in [7, 11) is 3.24. The van der Waals surface area contributed by atoms with Crippen molar-refractivity contribution in [2.45, 2.75) is 52.1 Å². The fraction of sp³-hybridized carbons (Fsp3) is 0.923. The molecule has 0 aromatic heterocycles. The molecule has 4 nitrogen and oxygen atoms in total. The van der Waals surface area contributed by atoms with Crippen molar-refractivity contribution in [3.05, 3.63) is 0 Å². The molecule has 0 spiro atoms. The second-order valence-electron chi connectivity index (χ2n) is 4.90. The number of hydrogen-bond donors (Lipinski definition) is 1. The van der Waals surface area contributed by atoms with E-state index in [0.29, 0.717) is 6.04 Å². The lowest BCUT2D eigenvalue weighted by Gasteiger charge is -2.29. The van der Waals surface area contributed by atoms with Gasteiger partial charge in [-0.25, -0.2) is 0 Å². The maximum Gasteiger partial charge on any atom is 0.325 e. The molecule has 1 atom stereocenters. The predicted octanol–water partition coefficient (Wildman–Crippen LogP) is 1.65. The van der Waals surface area contributed by atoms with Gasteiger partial charge in [0.25, 0.3) is 0 Å². The summed E-state index contributed by atoms with van der Waals surface area (Å²) in [5.41, 5.74) is -0.564. The number of likely N-dealkylation sites (N-methyl/N-ethyl adjacent to an activating group) is 1. The van der Waals surface area contributed by atoms with Gasteiger partial charge in [-0.05, 0) is 53.8 Å². The van der Waals surface area contributed by atoms with E-state index in [1.807, 2.05) is 6.92 Å². The summed E-state index contributed by atoms with van der Waals surface area (Å²) in [5.74, 6) is -0.187. The van der Waals surface area contributed by atoms with Gasteiger partial charge < -0.3 is 15.0 Å². The van der Waals surface area contributed by atoms with Gasteiger partial charge in [-0.2, -0.15) is 0 Å². The highest BCUT2D eigenvalue weighted by molar-refractivity contribution is 5.80. The molecular formula is C13H28N2O2. The summed E-state index contributed by atoms with van der Waals surface area (Å²) in [6.07, 6.45) is 1.78. The molecule has 0 radical (unpaired) electrons. The first-order valence-corrected chi connectivity index (χ1v) is 6.42. The summed E-state index contributed by atoms with van der Waals surface area (Å²) in [4.78, 5) is 14.0. The van der Waals surface area contributed by atoms with Crippen molar-refractivity contribution in [2.75, 3.05) is 27.2 Å². The third kappa shape index (κ3) is 5.04. The minimum atomic E-state index is -0.564. The molecule has 0 amide bonds. The number of rotatable bonds is 8. The van der Waals surface area contributed by atoms with Crippen molar-refractivity contribution in [2.24, 2.45) is 0 Å². The van der Waals surface area contributed by atoms with E-state index in [0.717, 1.165) is 25.9 Å². The highest BCUT2D eigenvalue weighted by Gasteiger charge is 2.31. The van der Waals surface area contributed by atoms with Crippen LogP contribution in [0.4, 0.5) is 0 Å². The summed E-state index contributed by atoms with van der Waals surface area (Å²) in [6, 6.07) is 0.555. The first-order chi connectivity index (χ1) is 7.91. The third-order valence-corrected chi connectivity index (χ3v) is 3.45. The smallest absolute Gasteiger partial charge is 0.325 e. The molecule has 0 rings (SSSR count). The lowest BCUT2D eigenvalue weighted by atomic mass is 9.96. The third-order valence-electron chi connectivity index (χ3n) is 3.45. The predicted molar refractivity (Wildman–Crippen MR) is 71.1 cm³/mol. The Balaban J connectivity index is 4.20. The Morgan fingerprint density at radius 1 is 1.47 bits per heavy atom. The van der Waals surface area contributed by atoms with Crippen molar-refractivity contribution < 1.29 is 9.53 Å². The number of carbonyl (C=O) groups excluding carboxylic acids is 1. The molecular weight excluding hydrogens is 216 g/mol. The van der Waals surface area contributed by atoms with E-state index in [4.69, 9.17) is 4.74 Å². The van der Waals surface area contributed by atoms with Crippen LogP contribution in [0.5, 0.6) is 0 Å². The van der Waals surface area contributed by atoms with E-state index in [9.17, 15) is 4.79 Å². The molecule has 0 aliphatic rings. The van der Waals surface area contributed by atoms with Crippen LogP contribution in [0, 0.1) is 0 Å². The van der Waals surface area contributed by atoms with Crippen LogP contribution in [0.15, 0.2) is 0 Å². The highest BCUT2D eigenvalue weighted by atomic mass is 16.5. The van der Waals surface area contributed by atoms with Gasteiger partial charge in [-0.1, -0.05) is 6.92 Å². The fourth-order valence-electron chi connectivity index (χ4n) is 1.97. The zero-order valence-corrected chi connectivity index (χ0v) is 12.2. The number of nitrogens with one attached hydrogen (secondary N) is 1. The Labute approximate surface area is 106 Å². The standard InChI is InChI=1S/C13H28N2O2/c1-7-15(11(2)3)10-8-9-13(4,14-5)12(16)17-6/h11,14H,7-10H2,1-6H3. The van der Waals surface area contributed by atoms with Crippen molar-refractivity contribution in [3.8, 4) is 0 Å². The van der Waals surface area contributed by atoms with Crippen molar-refractivity contribution in [3.63, 3.8) is 0 Å². The molecule has 0 saturated heterocycles. The topological polar surface area (TPSA) is 41.6 Å². The molecule has 102 valence electrons. The molecule has 0 aliphatic carbocycles. The average molecular weight is 244 g/mol. The maximum absolute atomic E-state index is 11.6. The van der Waals surface area contributed by atoms with Crippen LogP contribution >= 0.6 is 0 Å². The van der Waals surface area contributed by atoms with E-state index in [-0.39, 0.29) is 5.97 Å². The first kappa shape index (κ1) is 16.4. The Morgan fingerprint density at radius 3 is 2.41 bits per heavy atom. The van der Waals surface area contributed by atoms with Gasteiger partial charge in [0.1, 0.15) is 5.54 Å². The second kappa shape index (κ2) is 7.67. The summed E-state index contributed by atoms with van der Waals surface area (Å²) in [6.45, 7) is 10.5. The molecule has 0 saturated carbocycles. The Bertz CT molecular complexity index is 231.